The minimum Gasteiger partial charge on any atom is -0.371 e. The van der Waals surface area contributed by atoms with Crippen molar-refractivity contribution in [3.05, 3.63) is 106 Å². The molecule has 0 aliphatic rings. The lowest BCUT2D eigenvalue weighted by Gasteiger charge is -2.20. The van der Waals surface area contributed by atoms with Crippen LogP contribution < -0.4 is 10.6 Å². The second kappa shape index (κ2) is 9.56. The van der Waals surface area contributed by atoms with Crippen molar-refractivity contribution in [2.75, 3.05) is 10.6 Å². The van der Waals surface area contributed by atoms with Crippen molar-refractivity contribution in [1.29, 1.82) is 5.26 Å². The van der Waals surface area contributed by atoms with Gasteiger partial charge in [-0.3, -0.25) is 4.98 Å². The Balaban J connectivity index is 1.63. The number of fused-ring (bicyclic) bond motifs is 1. The Morgan fingerprint density at radius 1 is 0.972 bits per heavy atom. The van der Waals surface area contributed by atoms with Crippen LogP contribution in [0, 0.1) is 28.8 Å². The minimum absolute atomic E-state index is 0.173. The average Bonchev–Trinajstić information content (AvgIpc) is 3.40. The van der Waals surface area contributed by atoms with E-state index in [1.807, 2.05) is 0 Å². The van der Waals surface area contributed by atoms with Crippen LogP contribution in [0.15, 0.2) is 67.0 Å². The lowest BCUT2D eigenvalue weighted by atomic mass is 10.0. The monoisotopic (exact) mass is 505 g/mol. The average molecular weight is 506 g/mol. The summed E-state index contributed by atoms with van der Waals surface area (Å²) in [4.78, 5) is 4.45. The standard InChI is InChI=1S/C25H15ClF3N7/c26-15-7-18-23(33-17-5-6-19(28)20(29)9-17)14(10-30)11-31-25(18)21(8-15)34-24(22-12-32-36-35-22)13-1-3-16(27)4-2-13/h1-9,11-12,24,34H,(H,31,33)(H,32,35,36)/t24-/m0/s1. The highest BCUT2D eigenvalue weighted by molar-refractivity contribution is 6.32. The molecule has 2 aromatic heterocycles. The summed E-state index contributed by atoms with van der Waals surface area (Å²) >= 11 is 6.44. The predicted octanol–water partition coefficient (Wildman–Crippen LogP) is 6.24. The maximum Gasteiger partial charge on any atom is 0.160 e. The fourth-order valence-electron chi connectivity index (χ4n) is 3.80. The first-order valence-corrected chi connectivity index (χ1v) is 10.9. The molecule has 3 aromatic carbocycles. The maximum atomic E-state index is 13.8. The second-order valence-corrected chi connectivity index (χ2v) is 8.22. The lowest BCUT2D eigenvalue weighted by Crippen LogP contribution is -2.14. The van der Waals surface area contributed by atoms with Crippen molar-refractivity contribution in [1.82, 2.24) is 20.4 Å². The quantitative estimate of drug-likeness (QED) is 0.252. The third-order valence-corrected chi connectivity index (χ3v) is 5.70. The molecule has 0 saturated carbocycles. The van der Waals surface area contributed by atoms with Gasteiger partial charge in [-0.25, -0.2) is 13.2 Å². The van der Waals surface area contributed by atoms with Crippen LogP contribution in [-0.4, -0.2) is 20.4 Å². The summed E-state index contributed by atoms with van der Waals surface area (Å²) in [6.45, 7) is 0. The molecule has 0 radical (unpaired) electrons. The molecule has 0 aliphatic heterocycles. The van der Waals surface area contributed by atoms with Gasteiger partial charge in [0.2, 0.25) is 0 Å². The molecule has 178 valence electrons. The molecular weight excluding hydrogens is 491 g/mol. The van der Waals surface area contributed by atoms with Crippen molar-refractivity contribution in [2.24, 2.45) is 0 Å². The van der Waals surface area contributed by atoms with E-state index < -0.39 is 17.7 Å². The van der Waals surface area contributed by atoms with Gasteiger partial charge in [0, 0.05) is 28.4 Å². The molecule has 11 heteroatoms. The number of hydrogen-bond acceptors (Lipinski definition) is 6. The molecule has 0 saturated heterocycles. The number of halogens is 4. The van der Waals surface area contributed by atoms with Crippen molar-refractivity contribution >= 4 is 39.6 Å². The number of pyridine rings is 1. The largest absolute Gasteiger partial charge is 0.371 e. The lowest BCUT2D eigenvalue weighted by molar-refractivity contribution is 0.509. The van der Waals surface area contributed by atoms with Crippen LogP contribution in [0.25, 0.3) is 10.9 Å². The number of benzene rings is 3. The van der Waals surface area contributed by atoms with Gasteiger partial charge in [0.1, 0.15) is 17.6 Å². The summed E-state index contributed by atoms with van der Waals surface area (Å²) in [7, 11) is 0. The van der Waals surface area contributed by atoms with Gasteiger partial charge in [0.05, 0.1) is 34.7 Å². The van der Waals surface area contributed by atoms with Gasteiger partial charge < -0.3 is 10.6 Å². The van der Waals surface area contributed by atoms with Crippen LogP contribution in [0.3, 0.4) is 0 Å². The summed E-state index contributed by atoms with van der Waals surface area (Å²) in [6.07, 6.45) is 2.90. The zero-order valence-corrected chi connectivity index (χ0v) is 19.0. The Labute approximate surface area is 207 Å². The van der Waals surface area contributed by atoms with E-state index in [0.717, 1.165) is 12.1 Å². The first-order chi connectivity index (χ1) is 17.4. The highest BCUT2D eigenvalue weighted by Gasteiger charge is 2.21. The molecule has 36 heavy (non-hydrogen) atoms. The maximum absolute atomic E-state index is 13.8. The fourth-order valence-corrected chi connectivity index (χ4v) is 4.02. The molecule has 0 amide bonds. The topological polar surface area (TPSA) is 102 Å². The van der Waals surface area contributed by atoms with Gasteiger partial charge in [-0.15, -0.1) is 0 Å². The van der Waals surface area contributed by atoms with E-state index in [2.05, 4.69) is 37.1 Å². The fraction of sp³-hybridized carbons (Fsp3) is 0.0400. The molecule has 5 aromatic rings. The SMILES string of the molecule is N#Cc1cnc2c(N[C@@H](c3ccc(F)cc3)c3cn[nH]n3)cc(Cl)cc2c1Nc1ccc(F)c(F)c1. The van der Waals surface area contributed by atoms with Crippen molar-refractivity contribution in [2.45, 2.75) is 6.04 Å². The third-order valence-electron chi connectivity index (χ3n) is 5.48. The summed E-state index contributed by atoms with van der Waals surface area (Å²) in [5.41, 5.74) is 2.90. The third kappa shape index (κ3) is 4.52. The smallest absolute Gasteiger partial charge is 0.160 e. The molecule has 5 rings (SSSR count). The summed E-state index contributed by atoms with van der Waals surface area (Å²) < 4.78 is 40.8. The molecule has 0 fully saturated rings. The number of H-pyrrole nitrogens is 1. The van der Waals surface area contributed by atoms with Crippen molar-refractivity contribution < 1.29 is 13.2 Å². The highest BCUT2D eigenvalue weighted by Crippen LogP contribution is 2.37. The molecule has 7 nitrogen and oxygen atoms in total. The molecule has 1 atom stereocenters. The first kappa shape index (κ1) is 23.1. The van der Waals surface area contributed by atoms with Gasteiger partial charge in [0.25, 0.3) is 0 Å². The van der Waals surface area contributed by atoms with Crippen LogP contribution in [0.5, 0.6) is 0 Å². The van der Waals surface area contributed by atoms with Gasteiger partial charge in [-0.05, 0) is 42.0 Å². The predicted molar refractivity (Wildman–Crippen MR) is 129 cm³/mol. The number of aromatic amines is 1. The zero-order valence-electron chi connectivity index (χ0n) is 18.2. The van der Waals surface area contributed by atoms with Crippen LogP contribution in [0.2, 0.25) is 5.02 Å². The molecule has 0 aliphatic carbocycles. The van der Waals surface area contributed by atoms with Gasteiger partial charge in [-0.2, -0.15) is 20.7 Å². The van der Waals surface area contributed by atoms with Crippen LogP contribution in [0.1, 0.15) is 22.9 Å². The van der Waals surface area contributed by atoms with Crippen LogP contribution in [0.4, 0.5) is 30.2 Å². The number of rotatable bonds is 6. The Morgan fingerprint density at radius 3 is 2.47 bits per heavy atom. The van der Waals surface area contributed by atoms with Crippen molar-refractivity contribution in [3.63, 3.8) is 0 Å². The van der Waals surface area contributed by atoms with E-state index in [1.165, 1.54) is 30.6 Å². The number of nitrogens with zero attached hydrogens (tertiary/aromatic N) is 4. The van der Waals surface area contributed by atoms with Crippen molar-refractivity contribution in [3.8, 4) is 6.07 Å². The van der Waals surface area contributed by atoms with Gasteiger partial charge >= 0.3 is 0 Å². The number of nitriles is 1. The molecule has 0 spiro atoms. The number of anilines is 3. The van der Waals surface area contributed by atoms with E-state index in [-0.39, 0.29) is 17.1 Å². The normalized spacial score (nSPS) is 11.8. The Bertz CT molecular complexity index is 1600. The molecule has 0 bridgehead atoms. The van der Waals surface area contributed by atoms with E-state index >= 15 is 0 Å². The Hall–Kier alpha value is -4.62. The summed E-state index contributed by atoms with van der Waals surface area (Å²) in [6, 6.07) is 14.0. The van der Waals surface area contributed by atoms with Crippen LogP contribution >= 0.6 is 11.6 Å². The molecular formula is C25H15ClF3N7. The van der Waals surface area contributed by atoms with E-state index in [1.54, 1.807) is 24.3 Å². The Morgan fingerprint density at radius 2 is 1.78 bits per heavy atom. The summed E-state index contributed by atoms with van der Waals surface area (Å²) in [5.74, 6) is -2.41. The second-order valence-electron chi connectivity index (χ2n) is 7.79. The first-order valence-electron chi connectivity index (χ1n) is 10.5. The van der Waals surface area contributed by atoms with E-state index in [9.17, 15) is 18.4 Å². The molecule has 2 heterocycles. The highest BCUT2D eigenvalue weighted by atomic mass is 35.5. The zero-order chi connectivity index (χ0) is 25.2. The molecule has 3 N–H and O–H groups in total. The number of aromatic nitrogens is 4. The van der Waals surface area contributed by atoms with Gasteiger partial charge in [-0.1, -0.05) is 23.7 Å². The number of nitrogens with one attached hydrogen (secondary N) is 3. The van der Waals surface area contributed by atoms with Crippen LogP contribution in [-0.2, 0) is 0 Å². The minimum atomic E-state index is -1.04. The van der Waals surface area contributed by atoms with Gasteiger partial charge in [0.15, 0.2) is 11.6 Å². The van der Waals surface area contributed by atoms with E-state index in [4.69, 9.17) is 11.6 Å². The Kier molecular flexibility index (Phi) is 6.14. The molecule has 0 unspecified atom stereocenters. The summed E-state index contributed by atoms with van der Waals surface area (Å²) in [5, 5.41) is 27.4. The van der Waals surface area contributed by atoms with E-state index in [0.29, 0.717) is 38.6 Å². The number of hydrogen-bond donors (Lipinski definition) is 3.